The zero-order chi connectivity index (χ0) is 14.3. The Kier molecular flexibility index (Phi) is 6.57. The third-order valence-electron chi connectivity index (χ3n) is 3.01. The smallest absolute Gasteiger partial charge is 0.137 e. The molecule has 0 aliphatic carbocycles. The fourth-order valence-corrected chi connectivity index (χ4v) is 2.02. The Morgan fingerprint density at radius 3 is 2.74 bits per heavy atom. The summed E-state index contributed by atoms with van der Waals surface area (Å²) in [6, 6.07) is 6.44. The number of hydrogen-bond acceptors (Lipinski definition) is 3. The average Bonchev–Trinajstić information content (AvgIpc) is 2.35. The molecule has 1 aromatic carbocycles. The van der Waals surface area contributed by atoms with Gasteiger partial charge in [0.15, 0.2) is 0 Å². The molecule has 0 aromatic heterocycles. The highest BCUT2D eigenvalue weighted by Crippen LogP contribution is 2.20. The Morgan fingerprint density at radius 1 is 1.37 bits per heavy atom. The number of carbonyl (C=O) groups excluding carboxylic acids is 1. The normalized spacial score (nSPS) is 10.8. The van der Waals surface area contributed by atoms with Crippen LogP contribution >= 0.6 is 0 Å². The lowest BCUT2D eigenvalue weighted by Gasteiger charge is -2.10. The van der Waals surface area contributed by atoms with Crippen molar-refractivity contribution in [1.29, 1.82) is 0 Å². The molecule has 0 saturated heterocycles. The summed E-state index contributed by atoms with van der Waals surface area (Å²) >= 11 is 0. The lowest BCUT2D eigenvalue weighted by Crippen LogP contribution is -2.24. The molecular weight excluding hydrogens is 238 g/mol. The van der Waals surface area contributed by atoms with Crippen LogP contribution in [-0.2, 0) is 11.2 Å². The number of benzene rings is 1. The van der Waals surface area contributed by atoms with Crippen LogP contribution in [-0.4, -0.2) is 25.5 Å². The second kappa shape index (κ2) is 7.95. The fraction of sp³-hybridized carbons (Fsp3) is 0.562. The Morgan fingerprint density at radius 2 is 2.11 bits per heavy atom. The van der Waals surface area contributed by atoms with Crippen LogP contribution in [0.3, 0.4) is 0 Å². The van der Waals surface area contributed by atoms with Crippen LogP contribution in [0.2, 0.25) is 0 Å². The van der Waals surface area contributed by atoms with Gasteiger partial charge < -0.3 is 10.1 Å². The number of carbonyl (C=O) groups is 1. The van der Waals surface area contributed by atoms with Crippen LogP contribution in [0.15, 0.2) is 18.2 Å². The van der Waals surface area contributed by atoms with Crippen LogP contribution in [0.5, 0.6) is 5.75 Å². The number of aryl methyl sites for hydroxylation is 1. The molecule has 0 fully saturated rings. The predicted molar refractivity (Wildman–Crippen MR) is 78.8 cm³/mol. The number of rotatable bonds is 8. The maximum Gasteiger partial charge on any atom is 0.137 e. The first-order valence-electron chi connectivity index (χ1n) is 6.91. The van der Waals surface area contributed by atoms with E-state index < -0.39 is 0 Å². The molecule has 1 aromatic rings. The van der Waals surface area contributed by atoms with E-state index in [4.69, 9.17) is 4.74 Å². The highest BCUT2D eigenvalue weighted by Gasteiger charge is 2.09. The molecule has 3 nitrogen and oxygen atoms in total. The van der Waals surface area contributed by atoms with Gasteiger partial charge >= 0.3 is 0 Å². The summed E-state index contributed by atoms with van der Waals surface area (Å²) in [4.78, 5) is 12.0. The number of hydrogen-bond donors (Lipinski definition) is 1. The van der Waals surface area contributed by atoms with Crippen LogP contribution < -0.4 is 10.1 Å². The van der Waals surface area contributed by atoms with Gasteiger partial charge in [0.1, 0.15) is 11.5 Å². The second-order valence-corrected chi connectivity index (χ2v) is 5.24. The Labute approximate surface area is 116 Å². The summed E-state index contributed by atoms with van der Waals surface area (Å²) in [5, 5.41) is 3.32. The third-order valence-corrected chi connectivity index (χ3v) is 3.01. The zero-order valence-corrected chi connectivity index (χ0v) is 12.5. The highest BCUT2D eigenvalue weighted by molar-refractivity contribution is 5.81. The molecule has 0 unspecified atom stereocenters. The number of ketones is 1. The van der Waals surface area contributed by atoms with Gasteiger partial charge in [-0.1, -0.05) is 31.5 Å². The van der Waals surface area contributed by atoms with Crippen molar-refractivity contribution in [3.8, 4) is 5.75 Å². The van der Waals surface area contributed by atoms with Crippen LogP contribution in [0, 0.1) is 6.92 Å². The van der Waals surface area contributed by atoms with Crippen LogP contribution in [0.4, 0.5) is 0 Å². The molecule has 0 aliphatic heterocycles. The minimum atomic E-state index is 0.273. The van der Waals surface area contributed by atoms with E-state index in [1.165, 1.54) is 0 Å². The lowest BCUT2D eigenvalue weighted by atomic mass is 10.0. The van der Waals surface area contributed by atoms with Crippen LogP contribution in [0.25, 0.3) is 0 Å². The van der Waals surface area contributed by atoms with Gasteiger partial charge in [0.2, 0.25) is 0 Å². The van der Waals surface area contributed by atoms with Crippen molar-refractivity contribution in [3.63, 3.8) is 0 Å². The minimum absolute atomic E-state index is 0.273. The van der Waals surface area contributed by atoms with Gasteiger partial charge in [-0.25, -0.2) is 0 Å². The molecule has 1 rings (SSSR count). The molecule has 0 heterocycles. The molecular formula is C16H25NO2. The van der Waals surface area contributed by atoms with Gasteiger partial charge in [-0.05, 0) is 26.0 Å². The summed E-state index contributed by atoms with van der Waals surface area (Å²) in [6.45, 7) is 7.15. The van der Waals surface area contributed by atoms with E-state index in [1.54, 1.807) is 7.11 Å². The Hall–Kier alpha value is -1.35. The number of nitrogens with one attached hydrogen (secondary N) is 1. The molecule has 0 saturated carbocycles. The first-order chi connectivity index (χ1) is 9.02. The number of methoxy groups -OCH3 is 1. The summed E-state index contributed by atoms with van der Waals surface area (Å²) in [7, 11) is 1.64. The SMILES string of the molecule is COc1ccc(C)cc1CC(=O)CCCNC(C)C. The standard InChI is InChI=1S/C16H25NO2/c1-12(2)17-9-5-6-15(18)11-14-10-13(3)7-8-16(14)19-4/h7-8,10,12,17H,5-6,9,11H2,1-4H3. The predicted octanol–water partition coefficient (Wildman–Crippen LogP) is 2.89. The van der Waals surface area contributed by atoms with Crippen molar-refractivity contribution in [1.82, 2.24) is 5.32 Å². The molecule has 106 valence electrons. The molecule has 0 amide bonds. The monoisotopic (exact) mass is 263 g/mol. The van der Waals surface area contributed by atoms with Gasteiger partial charge in [-0.2, -0.15) is 0 Å². The summed E-state index contributed by atoms with van der Waals surface area (Å²) in [5.41, 5.74) is 2.15. The van der Waals surface area contributed by atoms with E-state index in [0.717, 1.165) is 29.8 Å². The van der Waals surface area contributed by atoms with Crippen molar-refractivity contribution in [3.05, 3.63) is 29.3 Å². The van der Waals surface area contributed by atoms with E-state index in [0.29, 0.717) is 18.9 Å². The van der Waals surface area contributed by atoms with Gasteiger partial charge in [-0.15, -0.1) is 0 Å². The zero-order valence-electron chi connectivity index (χ0n) is 12.5. The number of ether oxygens (including phenoxy) is 1. The molecule has 0 spiro atoms. The quantitative estimate of drug-likeness (QED) is 0.733. The van der Waals surface area contributed by atoms with Crippen molar-refractivity contribution >= 4 is 5.78 Å². The minimum Gasteiger partial charge on any atom is -0.496 e. The molecule has 0 bridgehead atoms. The maximum atomic E-state index is 12.0. The van der Waals surface area contributed by atoms with Crippen molar-refractivity contribution in [2.75, 3.05) is 13.7 Å². The van der Waals surface area contributed by atoms with E-state index in [2.05, 4.69) is 19.2 Å². The molecule has 0 radical (unpaired) electrons. The summed E-state index contributed by atoms with van der Waals surface area (Å²) in [5.74, 6) is 1.08. The largest absolute Gasteiger partial charge is 0.496 e. The topological polar surface area (TPSA) is 38.3 Å². The van der Waals surface area contributed by atoms with Crippen molar-refractivity contribution in [2.45, 2.75) is 46.1 Å². The van der Waals surface area contributed by atoms with E-state index in [9.17, 15) is 4.79 Å². The average molecular weight is 263 g/mol. The van der Waals surface area contributed by atoms with Crippen LogP contribution in [0.1, 0.15) is 37.8 Å². The fourth-order valence-electron chi connectivity index (χ4n) is 2.02. The summed E-state index contributed by atoms with van der Waals surface area (Å²) in [6.07, 6.45) is 1.98. The highest BCUT2D eigenvalue weighted by atomic mass is 16.5. The molecule has 19 heavy (non-hydrogen) atoms. The molecule has 1 N–H and O–H groups in total. The first kappa shape index (κ1) is 15.7. The first-order valence-corrected chi connectivity index (χ1v) is 6.91. The number of Topliss-reactive ketones (excluding diaryl/α,β-unsaturated/α-hetero) is 1. The third kappa shape index (κ3) is 5.88. The summed E-state index contributed by atoms with van der Waals surface area (Å²) < 4.78 is 5.29. The van der Waals surface area contributed by atoms with Gasteiger partial charge in [0, 0.05) is 24.4 Å². The maximum absolute atomic E-state index is 12.0. The van der Waals surface area contributed by atoms with Gasteiger partial charge in [-0.3, -0.25) is 4.79 Å². The van der Waals surface area contributed by atoms with Crippen molar-refractivity contribution < 1.29 is 9.53 Å². The Bertz CT molecular complexity index is 413. The van der Waals surface area contributed by atoms with E-state index >= 15 is 0 Å². The Balaban J connectivity index is 2.45. The second-order valence-electron chi connectivity index (χ2n) is 5.24. The molecule has 0 aliphatic rings. The van der Waals surface area contributed by atoms with E-state index in [1.807, 2.05) is 25.1 Å². The molecule has 0 atom stereocenters. The lowest BCUT2D eigenvalue weighted by molar-refractivity contribution is -0.118. The van der Waals surface area contributed by atoms with Crippen molar-refractivity contribution in [2.24, 2.45) is 0 Å². The van der Waals surface area contributed by atoms with E-state index in [-0.39, 0.29) is 5.78 Å². The van der Waals surface area contributed by atoms with Gasteiger partial charge in [0.05, 0.1) is 7.11 Å². The van der Waals surface area contributed by atoms with Gasteiger partial charge in [0.25, 0.3) is 0 Å². The molecule has 3 heteroatoms.